The molecule has 1 saturated heterocycles. The average Bonchev–Trinajstić information content (AvgIpc) is 2.46. The molecule has 0 N–H and O–H groups in total. The van der Waals surface area contributed by atoms with Crippen molar-refractivity contribution >= 4 is 28.1 Å². The van der Waals surface area contributed by atoms with Crippen LogP contribution in [0.1, 0.15) is 10.4 Å². The van der Waals surface area contributed by atoms with Crippen molar-refractivity contribution in [3.05, 3.63) is 28.2 Å². The van der Waals surface area contributed by atoms with Gasteiger partial charge in [-0.15, -0.1) is 0 Å². The number of likely N-dealkylation sites (N-methyl/N-ethyl adjacent to an activating group) is 1. The van der Waals surface area contributed by atoms with Crippen LogP contribution in [0.5, 0.6) is 5.75 Å². The van der Waals surface area contributed by atoms with Crippen LogP contribution in [0.4, 0.5) is 0 Å². The van der Waals surface area contributed by atoms with Crippen LogP contribution < -0.4 is 4.74 Å². The van der Waals surface area contributed by atoms with Crippen LogP contribution in [-0.4, -0.2) is 61.8 Å². The number of amides is 1. The number of piperazine rings is 1. The van der Waals surface area contributed by atoms with E-state index in [0.717, 1.165) is 36.9 Å². The van der Waals surface area contributed by atoms with Gasteiger partial charge in [-0.2, -0.15) is 0 Å². The summed E-state index contributed by atoms with van der Waals surface area (Å²) in [5.41, 5.74) is 0.436. The molecule has 0 saturated carbocycles. The van der Waals surface area contributed by atoms with Crippen LogP contribution in [0.15, 0.2) is 22.7 Å². The van der Waals surface area contributed by atoms with Gasteiger partial charge in [0.2, 0.25) is 0 Å². The Balaban J connectivity index is 1.92. The van der Waals surface area contributed by atoms with Crippen molar-refractivity contribution in [1.29, 1.82) is 0 Å². The molecule has 6 heteroatoms. The quantitative estimate of drug-likeness (QED) is 0.777. The summed E-state index contributed by atoms with van der Waals surface area (Å²) >= 11 is 3.29. The number of carbonyl (C=O) groups is 2. The van der Waals surface area contributed by atoms with E-state index in [9.17, 15) is 9.59 Å². The molecule has 1 aliphatic rings. The van der Waals surface area contributed by atoms with Crippen molar-refractivity contribution in [1.82, 2.24) is 9.80 Å². The van der Waals surface area contributed by atoms with Gasteiger partial charge in [-0.25, -0.2) is 0 Å². The summed E-state index contributed by atoms with van der Waals surface area (Å²) < 4.78 is 6.27. The molecule has 0 bridgehead atoms. The first-order valence-corrected chi connectivity index (χ1v) is 7.23. The van der Waals surface area contributed by atoms with Crippen molar-refractivity contribution in [2.45, 2.75) is 0 Å². The number of hydrogen-bond donors (Lipinski definition) is 0. The van der Waals surface area contributed by atoms with Gasteiger partial charge >= 0.3 is 0 Å². The second kappa shape index (κ2) is 6.85. The zero-order valence-electron chi connectivity index (χ0n) is 11.3. The van der Waals surface area contributed by atoms with Crippen molar-refractivity contribution in [3.8, 4) is 5.75 Å². The SMILES string of the molecule is CN1CCN(C(=O)COc2ccc(Br)cc2C=O)CC1. The van der Waals surface area contributed by atoms with Crippen LogP contribution in [0.3, 0.4) is 0 Å². The van der Waals surface area contributed by atoms with Crippen molar-refractivity contribution in [3.63, 3.8) is 0 Å². The summed E-state index contributed by atoms with van der Waals surface area (Å²) in [4.78, 5) is 27.0. The van der Waals surface area contributed by atoms with E-state index in [1.165, 1.54) is 0 Å². The first kappa shape index (κ1) is 15.0. The molecular formula is C14H17BrN2O3. The summed E-state index contributed by atoms with van der Waals surface area (Å²) in [6, 6.07) is 5.14. The summed E-state index contributed by atoms with van der Waals surface area (Å²) in [5.74, 6) is 0.392. The van der Waals surface area contributed by atoms with Gasteiger partial charge in [0.1, 0.15) is 5.75 Å². The molecule has 0 aromatic heterocycles. The smallest absolute Gasteiger partial charge is 0.260 e. The minimum atomic E-state index is -0.0436. The van der Waals surface area contributed by atoms with E-state index < -0.39 is 0 Å². The zero-order valence-corrected chi connectivity index (χ0v) is 12.9. The lowest BCUT2D eigenvalue weighted by atomic mass is 10.2. The average molecular weight is 341 g/mol. The van der Waals surface area contributed by atoms with E-state index in [1.807, 2.05) is 7.05 Å². The molecule has 0 spiro atoms. The maximum atomic E-state index is 12.0. The Morgan fingerprint density at radius 2 is 2.05 bits per heavy atom. The number of aldehydes is 1. The molecule has 1 fully saturated rings. The number of halogens is 1. The van der Waals surface area contributed by atoms with Gasteiger partial charge in [0.05, 0.1) is 5.56 Å². The van der Waals surface area contributed by atoms with E-state index >= 15 is 0 Å². The number of ether oxygens (including phenoxy) is 1. The summed E-state index contributed by atoms with van der Waals surface area (Å²) in [5, 5.41) is 0. The molecule has 0 unspecified atom stereocenters. The van der Waals surface area contributed by atoms with Gasteiger partial charge in [0.25, 0.3) is 5.91 Å². The lowest BCUT2D eigenvalue weighted by Gasteiger charge is -2.32. The summed E-state index contributed by atoms with van der Waals surface area (Å²) in [7, 11) is 2.04. The summed E-state index contributed by atoms with van der Waals surface area (Å²) in [6.45, 7) is 3.17. The minimum Gasteiger partial charge on any atom is -0.483 e. The molecule has 0 radical (unpaired) electrons. The standard InChI is InChI=1S/C14H17BrN2O3/c1-16-4-6-17(7-5-16)14(19)10-20-13-3-2-12(15)8-11(13)9-18/h2-3,8-9H,4-7,10H2,1H3. The zero-order chi connectivity index (χ0) is 14.5. The molecular weight excluding hydrogens is 324 g/mol. The van der Waals surface area contributed by atoms with Crippen molar-refractivity contribution in [2.24, 2.45) is 0 Å². The molecule has 20 heavy (non-hydrogen) atoms. The van der Waals surface area contributed by atoms with Crippen LogP contribution in [0, 0.1) is 0 Å². The van der Waals surface area contributed by atoms with E-state index in [2.05, 4.69) is 20.8 Å². The summed E-state index contributed by atoms with van der Waals surface area (Å²) in [6.07, 6.45) is 0.723. The van der Waals surface area contributed by atoms with Gasteiger partial charge in [-0.1, -0.05) is 15.9 Å². The maximum absolute atomic E-state index is 12.0. The fourth-order valence-corrected chi connectivity index (χ4v) is 2.41. The van der Waals surface area contributed by atoms with Crippen LogP contribution in [0.25, 0.3) is 0 Å². The number of nitrogens with zero attached hydrogens (tertiary/aromatic N) is 2. The predicted octanol–water partition coefficient (Wildman–Crippen LogP) is 1.41. The van der Waals surface area contributed by atoms with Crippen molar-refractivity contribution < 1.29 is 14.3 Å². The van der Waals surface area contributed by atoms with E-state index in [4.69, 9.17) is 4.74 Å². The Morgan fingerprint density at radius 3 is 2.70 bits per heavy atom. The lowest BCUT2D eigenvalue weighted by Crippen LogP contribution is -2.48. The Kier molecular flexibility index (Phi) is 5.14. The number of hydrogen-bond acceptors (Lipinski definition) is 4. The molecule has 0 aliphatic carbocycles. The van der Waals surface area contributed by atoms with E-state index in [1.54, 1.807) is 23.1 Å². The van der Waals surface area contributed by atoms with Crippen LogP contribution >= 0.6 is 15.9 Å². The first-order valence-electron chi connectivity index (χ1n) is 6.44. The van der Waals surface area contributed by atoms with Gasteiger partial charge in [-0.3, -0.25) is 9.59 Å². The monoisotopic (exact) mass is 340 g/mol. The Morgan fingerprint density at radius 1 is 1.35 bits per heavy atom. The van der Waals surface area contributed by atoms with Gasteiger partial charge in [-0.05, 0) is 25.2 Å². The number of rotatable bonds is 4. The Labute approximate surface area is 126 Å². The third-order valence-electron chi connectivity index (χ3n) is 3.31. The Bertz CT molecular complexity index is 499. The fraction of sp³-hybridized carbons (Fsp3) is 0.429. The fourth-order valence-electron chi connectivity index (χ4n) is 2.03. The third kappa shape index (κ3) is 3.80. The highest BCUT2D eigenvalue weighted by atomic mass is 79.9. The number of carbonyl (C=O) groups excluding carboxylic acids is 2. The minimum absolute atomic E-state index is 0.0355. The normalized spacial score (nSPS) is 16.0. The van der Waals surface area contributed by atoms with Crippen molar-refractivity contribution in [2.75, 3.05) is 39.8 Å². The third-order valence-corrected chi connectivity index (χ3v) is 3.80. The predicted molar refractivity (Wildman–Crippen MR) is 79.1 cm³/mol. The highest BCUT2D eigenvalue weighted by Crippen LogP contribution is 2.21. The highest BCUT2D eigenvalue weighted by molar-refractivity contribution is 9.10. The van der Waals surface area contributed by atoms with Gasteiger partial charge in [0.15, 0.2) is 12.9 Å². The largest absolute Gasteiger partial charge is 0.483 e. The van der Waals surface area contributed by atoms with E-state index in [-0.39, 0.29) is 12.5 Å². The first-order chi connectivity index (χ1) is 9.60. The molecule has 5 nitrogen and oxygen atoms in total. The second-order valence-electron chi connectivity index (χ2n) is 4.77. The molecule has 0 atom stereocenters. The Hall–Kier alpha value is -1.40. The van der Waals surface area contributed by atoms with Gasteiger partial charge < -0.3 is 14.5 Å². The number of benzene rings is 1. The molecule has 1 aromatic carbocycles. The van der Waals surface area contributed by atoms with Crippen LogP contribution in [0.2, 0.25) is 0 Å². The molecule has 2 rings (SSSR count). The highest BCUT2D eigenvalue weighted by Gasteiger charge is 2.19. The van der Waals surface area contributed by atoms with Gasteiger partial charge in [0, 0.05) is 30.7 Å². The molecule has 1 aliphatic heterocycles. The lowest BCUT2D eigenvalue weighted by molar-refractivity contribution is -0.134. The topological polar surface area (TPSA) is 49.9 Å². The molecule has 1 heterocycles. The van der Waals surface area contributed by atoms with E-state index in [0.29, 0.717) is 11.3 Å². The second-order valence-corrected chi connectivity index (χ2v) is 5.69. The van der Waals surface area contributed by atoms with Crippen LogP contribution in [-0.2, 0) is 4.79 Å². The maximum Gasteiger partial charge on any atom is 0.260 e. The molecule has 1 aromatic rings. The molecule has 1 amide bonds. The molecule has 108 valence electrons.